The van der Waals surface area contributed by atoms with Gasteiger partial charge in [-0.05, 0) is 67.3 Å². The molecule has 164 valence electrons. The summed E-state index contributed by atoms with van der Waals surface area (Å²) in [6, 6.07) is 24.1. The number of nitrogen functional groups attached to an aromatic ring is 1. The molecule has 1 fully saturated rings. The van der Waals surface area contributed by atoms with Gasteiger partial charge in [-0.2, -0.15) is 0 Å². The smallest absolute Gasteiger partial charge is 0.178 e. The Hall–Kier alpha value is -3.25. The molecule has 1 unspecified atom stereocenters. The molecule has 2 aromatic heterocycles. The number of nitrogens with two attached hydrogens (primary N) is 1. The van der Waals surface area contributed by atoms with Crippen LogP contribution < -0.4 is 11.1 Å². The lowest BCUT2D eigenvalue weighted by molar-refractivity contribution is 0.340. The third kappa shape index (κ3) is 4.50. The van der Waals surface area contributed by atoms with Crippen LogP contribution in [0, 0.1) is 0 Å². The number of nitrogens with zero attached hydrogens (tertiary/aromatic N) is 3. The number of fused-ring (bicyclic) bond motifs is 1. The van der Waals surface area contributed by atoms with E-state index < -0.39 is 0 Å². The maximum atomic E-state index is 6.10. The molecule has 6 nitrogen and oxygen atoms in total. The maximum absolute atomic E-state index is 6.10. The molecule has 2 heterocycles. The molecule has 4 aromatic rings. The van der Waals surface area contributed by atoms with Gasteiger partial charge in [0, 0.05) is 12.0 Å². The zero-order valence-electron chi connectivity index (χ0n) is 18.2. The molecule has 0 aliphatic heterocycles. The first-order valence-electron chi connectivity index (χ1n) is 11.6. The summed E-state index contributed by atoms with van der Waals surface area (Å²) in [5, 5.41) is 14.9. The third-order valence-electron chi connectivity index (χ3n) is 6.79. The molecule has 4 N–H and O–H groups in total. The topological polar surface area (TPSA) is 92.5 Å². The summed E-state index contributed by atoms with van der Waals surface area (Å²) in [6.45, 7) is 0.946. The molecule has 0 spiro atoms. The van der Waals surface area contributed by atoms with Crippen LogP contribution in [0.25, 0.3) is 11.2 Å². The van der Waals surface area contributed by atoms with Gasteiger partial charge in [-0.25, -0.2) is 10.1 Å². The molecule has 0 saturated heterocycles. The molecule has 0 bridgehead atoms. The number of hydrogen-bond acceptors (Lipinski definition) is 5. The summed E-state index contributed by atoms with van der Waals surface area (Å²) in [4.78, 5) is 4.34. The first kappa shape index (κ1) is 20.6. The molecule has 0 radical (unpaired) electrons. The number of benzene rings is 2. The average molecular weight is 427 g/mol. The van der Waals surface area contributed by atoms with Crippen molar-refractivity contribution in [3.05, 3.63) is 83.4 Å². The lowest BCUT2D eigenvalue weighted by Gasteiger charge is -2.30. The van der Waals surface area contributed by atoms with Gasteiger partial charge in [-0.3, -0.25) is 0 Å². The standard InChI is InChI=1S/C26H30N6/c27-24-17-23(25-26(29-24)31-32-30-25)22(20-9-5-2-6-10-20)15-16-28-21-13-11-19(12-14-21)18-7-3-1-4-8-18/h1-10,17,19,21-22,28H,11-16H2,(H3,27,29,30,31,32)/t19-,21+,22?. The number of hydrogen-bond donors (Lipinski definition) is 3. The maximum Gasteiger partial charge on any atom is 0.178 e. The summed E-state index contributed by atoms with van der Waals surface area (Å²) in [5.41, 5.74) is 11.4. The fourth-order valence-corrected chi connectivity index (χ4v) is 5.12. The van der Waals surface area contributed by atoms with Crippen molar-refractivity contribution >= 4 is 17.0 Å². The Balaban J connectivity index is 1.26. The number of pyridine rings is 1. The molecule has 1 atom stereocenters. The molecule has 1 saturated carbocycles. The van der Waals surface area contributed by atoms with E-state index in [1.165, 1.54) is 36.8 Å². The van der Waals surface area contributed by atoms with Crippen LogP contribution in [0.3, 0.4) is 0 Å². The molecular formula is C26H30N6. The average Bonchev–Trinajstić information content (AvgIpc) is 3.31. The Labute approximate surface area is 188 Å². The second-order valence-electron chi connectivity index (χ2n) is 8.81. The minimum Gasteiger partial charge on any atom is -0.384 e. The predicted octanol–water partition coefficient (Wildman–Crippen LogP) is 4.77. The summed E-state index contributed by atoms with van der Waals surface area (Å²) in [7, 11) is 0. The summed E-state index contributed by atoms with van der Waals surface area (Å²) in [6.07, 6.45) is 5.93. The largest absolute Gasteiger partial charge is 0.384 e. The zero-order valence-corrected chi connectivity index (χ0v) is 18.2. The number of rotatable bonds is 7. The van der Waals surface area contributed by atoms with Gasteiger partial charge in [0.1, 0.15) is 11.3 Å². The molecule has 0 amide bonds. The molecular weight excluding hydrogens is 396 g/mol. The summed E-state index contributed by atoms with van der Waals surface area (Å²) < 4.78 is 0. The van der Waals surface area contributed by atoms with E-state index in [4.69, 9.17) is 5.73 Å². The van der Waals surface area contributed by atoms with Crippen molar-refractivity contribution in [2.45, 2.75) is 50.0 Å². The van der Waals surface area contributed by atoms with Gasteiger partial charge >= 0.3 is 0 Å². The minimum absolute atomic E-state index is 0.183. The van der Waals surface area contributed by atoms with E-state index in [9.17, 15) is 0 Å². The molecule has 1 aliphatic carbocycles. The van der Waals surface area contributed by atoms with Crippen molar-refractivity contribution in [1.29, 1.82) is 0 Å². The monoisotopic (exact) mass is 426 g/mol. The van der Waals surface area contributed by atoms with Gasteiger partial charge in [-0.15, -0.1) is 5.10 Å². The van der Waals surface area contributed by atoms with Gasteiger partial charge < -0.3 is 11.1 Å². The van der Waals surface area contributed by atoms with E-state index in [0.717, 1.165) is 24.0 Å². The first-order chi connectivity index (χ1) is 15.8. The van der Waals surface area contributed by atoms with Crippen LogP contribution in [0.2, 0.25) is 0 Å². The van der Waals surface area contributed by atoms with Gasteiger partial charge in [0.25, 0.3) is 0 Å². The molecule has 6 heteroatoms. The fourth-order valence-electron chi connectivity index (χ4n) is 5.12. The van der Waals surface area contributed by atoms with Crippen LogP contribution in [0.5, 0.6) is 0 Å². The Kier molecular flexibility index (Phi) is 6.12. The number of H-pyrrole nitrogens is 1. The third-order valence-corrected chi connectivity index (χ3v) is 6.79. The number of aromatic amines is 1. The number of anilines is 1. The van der Waals surface area contributed by atoms with Gasteiger partial charge in [-0.1, -0.05) is 65.9 Å². The quantitative estimate of drug-likeness (QED) is 0.396. The fraction of sp³-hybridized carbons (Fsp3) is 0.346. The van der Waals surface area contributed by atoms with E-state index in [1.807, 2.05) is 6.07 Å². The highest BCUT2D eigenvalue weighted by molar-refractivity contribution is 5.77. The lowest BCUT2D eigenvalue weighted by Crippen LogP contribution is -2.34. The van der Waals surface area contributed by atoms with Crippen molar-refractivity contribution in [1.82, 2.24) is 25.7 Å². The van der Waals surface area contributed by atoms with Crippen molar-refractivity contribution in [3.8, 4) is 0 Å². The van der Waals surface area contributed by atoms with Crippen LogP contribution in [-0.4, -0.2) is 33.0 Å². The van der Waals surface area contributed by atoms with Gasteiger partial charge in [0.15, 0.2) is 5.65 Å². The van der Waals surface area contributed by atoms with E-state index >= 15 is 0 Å². The van der Waals surface area contributed by atoms with Crippen LogP contribution >= 0.6 is 0 Å². The second-order valence-corrected chi connectivity index (χ2v) is 8.81. The molecule has 5 rings (SSSR count). The SMILES string of the molecule is Nc1cc(C(CCN[C@H]2CC[C@@H](c3ccccc3)CC2)c2ccccc2)c2nn[nH]c2n1. The summed E-state index contributed by atoms with van der Waals surface area (Å²) in [5.74, 6) is 1.38. The second kappa shape index (κ2) is 9.49. The molecule has 2 aromatic carbocycles. The predicted molar refractivity (Wildman–Crippen MR) is 128 cm³/mol. The Bertz CT molecular complexity index is 1130. The Morgan fingerprint density at radius 1 is 0.969 bits per heavy atom. The number of aromatic nitrogens is 4. The highest BCUT2D eigenvalue weighted by Gasteiger charge is 2.24. The van der Waals surface area contributed by atoms with Crippen molar-refractivity contribution < 1.29 is 0 Å². The first-order valence-corrected chi connectivity index (χ1v) is 11.6. The van der Waals surface area contributed by atoms with Crippen molar-refractivity contribution in [2.24, 2.45) is 0 Å². The van der Waals surface area contributed by atoms with Crippen LogP contribution in [-0.2, 0) is 0 Å². The van der Waals surface area contributed by atoms with Crippen LogP contribution in [0.1, 0.15) is 60.6 Å². The van der Waals surface area contributed by atoms with E-state index in [1.54, 1.807) is 0 Å². The van der Waals surface area contributed by atoms with Gasteiger partial charge in [0.2, 0.25) is 0 Å². The highest BCUT2D eigenvalue weighted by atomic mass is 15.3. The normalized spacial score (nSPS) is 19.8. The minimum atomic E-state index is 0.183. The van der Waals surface area contributed by atoms with E-state index in [2.05, 4.69) is 86.4 Å². The van der Waals surface area contributed by atoms with E-state index in [-0.39, 0.29) is 5.92 Å². The Morgan fingerprint density at radius 3 is 2.44 bits per heavy atom. The van der Waals surface area contributed by atoms with E-state index in [0.29, 0.717) is 23.4 Å². The lowest BCUT2D eigenvalue weighted by atomic mass is 9.81. The van der Waals surface area contributed by atoms with Gasteiger partial charge in [0.05, 0.1) is 0 Å². The molecule has 1 aliphatic rings. The zero-order chi connectivity index (χ0) is 21.8. The molecule has 32 heavy (non-hydrogen) atoms. The van der Waals surface area contributed by atoms with Crippen molar-refractivity contribution in [3.63, 3.8) is 0 Å². The summed E-state index contributed by atoms with van der Waals surface area (Å²) >= 11 is 0. The van der Waals surface area contributed by atoms with Crippen molar-refractivity contribution in [2.75, 3.05) is 12.3 Å². The highest BCUT2D eigenvalue weighted by Crippen LogP contribution is 2.34. The Morgan fingerprint density at radius 2 is 1.69 bits per heavy atom. The number of nitrogens with one attached hydrogen (secondary N) is 2. The van der Waals surface area contributed by atoms with Crippen LogP contribution in [0.4, 0.5) is 5.82 Å². The van der Waals surface area contributed by atoms with Crippen LogP contribution in [0.15, 0.2) is 66.7 Å².